The molecule has 0 radical (unpaired) electrons. The van der Waals surface area contributed by atoms with E-state index in [4.69, 9.17) is 0 Å². The van der Waals surface area contributed by atoms with Crippen LogP contribution >= 0.6 is 7.80 Å². The van der Waals surface area contributed by atoms with Crippen molar-refractivity contribution in [3.63, 3.8) is 0 Å². The minimum Gasteiger partial charge on any atom is -0.0748 e. The van der Waals surface area contributed by atoms with Gasteiger partial charge in [-0.15, -0.1) is 0 Å². The highest BCUT2D eigenvalue weighted by Crippen LogP contribution is 2.25. The number of unbranched alkanes of at least 4 members (excludes halogenated alkanes) is 18. The second-order valence-corrected chi connectivity index (χ2v) is 10.2. The molecule has 0 aromatic carbocycles. The SMILES string of the molecule is CCCCCCCCCCCC[P+](=O)CCCCCCCCCCCC. The first-order valence-corrected chi connectivity index (χ1v) is 13.9. The van der Waals surface area contributed by atoms with Gasteiger partial charge in [0.05, 0.1) is 0 Å². The van der Waals surface area contributed by atoms with Crippen molar-refractivity contribution in [2.24, 2.45) is 0 Å². The first-order valence-electron chi connectivity index (χ1n) is 12.2. The fourth-order valence-electron chi connectivity index (χ4n) is 3.66. The van der Waals surface area contributed by atoms with Gasteiger partial charge in [-0.1, -0.05) is 121 Å². The molecule has 0 aliphatic heterocycles. The Morgan fingerprint density at radius 2 is 0.615 bits per heavy atom. The molecule has 156 valence electrons. The van der Waals surface area contributed by atoms with Gasteiger partial charge in [-0.2, -0.15) is 0 Å². The van der Waals surface area contributed by atoms with Gasteiger partial charge < -0.3 is 0 Å². The number of hydrogen-bond acceptors (Lipinski definition) is 1. The Hall–Kier alpha value is 0.100. The second-order valence-electron chi connectivity index (χ2n) is 8.29. The fraction of sp³-hybridized carbons (Fsp3) is 1.00. The molecule has 0 rings (SSSR count). The van der Waals surface area contributed by atoms with Crippen LogP contribution in [0.25, 0.3) is 0 Å². The topological polar surface area (TPSA) is 17.1 Å². The third kappa shape index (κ3) is 22.1. The average molecular weight is 386 g/mol. The Kier molecular flexibility index (Phi) is 23.2. The highest BCUT2D eigenvalue weighted by molar-refractivity contribution is 7.44. The lowest BCUT2D eigenvalue weighted by Crippen LogP contribution is -1.88. The molecule has 0 atom stereocenters. The number of rotatable bonds is 22. The molecule has 0 saturated heterocycles. The molecule has 0 bridgehead atoms. The summed E-state index contributed by atoms with van der Waals surface area (Å²) in [6, 6.07) is 0. The summed E-state index contributed by atoms with van der Waals surface area (Å²) in [5, 5.41) is 0. The maximum atomic E-state index is 12.1. The summed E-state index contributed by atoms with van der Waals surface area (Å²) in [5.74, 6) is 0. The maximum absolute atomic E-state index is 12.1. The Bertz CT molecular complexity index is 251. The zero-order valence-electron chi connectivity index (χ0n) is 18.4. The van der Waals surface area contributed by atoms with Crippen LogP contribution in [0.4, 0.5) is 0 Å². The molecule has 0 spiro atoms. The fourth-order valence-corrected chi connectivity index (χ4v) is 5.04. The van der Waals surface area contributed by atoms with E-state index in [1.54, 1.807) is 0 Å². The monoisotopic (exact) mass is 385 g/mol. The largest absolute Gasteiger partial charge is 0.338 e. The summed E-state index contributed by atoms with van der Waals surface area (Å²) in [6.45, 7) is 4.56. The average Bonchev–Trinajstić information content (AvgIpc) is 2.64. The summed E-state index contributed by atoms with van der Waals surface area (Å²) < 4.78 is 12.1. The quantitative estimate of drug-likeness (QED) is 0.134. The van der Waals surface area contributed by atoms with Gasteiger partial charge in [0.15, 0.2) is 0 Å². The van der Waals surface area contributed by atoms with Gasteiger partial charge in [0.25, 0.3) is 0 Å². The molecule has 0 N–H and O–H groups in total. The van der Waals surface area contributed by atoms with Gasteiger partial charge in [-0.3, -0.25) is 0 Å². The van der Waals surface area contributed by atoms with E-state index in [-0.39, 0.29) is 0 Å². The lowest BCUT2D eigenvalue weighted by atomic mass is 10.1. The van der Waals surface area contributed by atoms with Gasteiger partial charge in [0.1, 0.15) is 12.3 Å². The van der Waals surface area contributed by atoms with E-state index in [0.717, 1.165) is 12.3 Å². The third-order valence-corrected chi connectivity index (χ3v) is 7.15. The van der Waals surface area contributed by atoms with E-state index in [2.05, 4.69) is 13.8 Å². The zero-order chi connectivity index (χ0) is 19.1. The van der Waals surface area contributed by atoms with Crippen molar-refractivity contribution in [2.45, 2.75) is 142 Å². The lowest BCUT2D eigenvalue weighted by molar-refractivity contribution is 0.554. The normalized spacial score (nSPS) is 11.2. The predicted molar refractivity (Wildman–Crippen MR) is 121 cm³/mol. The van der Waals surface area contributed by atoms with E-state index >= 15 is 0 Å². The first-order chi connectivity index (χ1) is 12.8. The Balaban J connectivity index is 3.13. The molecule has 1 nitrogen and oxygen atoms in total. The van der Waals surface area contributed by atoms with Crippen molar-refractivity contribution < 1.29 is 4.57 Å². The van der Waals surface area contributed by atoms with Crippen LogP contribution in [-0.4, -0.2) is 12.3 Å². The van der Waals surface area contributed by atoms with E-state index in [1.807, 2.05) is 0 Å². The molecule has 0 aliphatic carbocycles. The molecule has 0 aliphatic rings. The van der Waals surface area contributed by atoms with Crippen molar-refractivity contribution in [2.75, 3.05) is 12.3 Å². The van der Waals surface area contributed by atoms with Crippen LogP contribution in [0, 0.1) is 0 Å². The summed E-state index contributed by atoms with van der Waals surface area (Å²) in [6.07, 6.45) is 29.4. The molecular formula is C24H50OP+. The molecule has 2 heteroatoms. The predicted octanol–water partition coefficient (Wildman–Crippen LogP) is 9.66. The van der Waals surface area contributed by atoms with Crippen LogP contribution in [-0.2, 0) is 4.57 Å². The van der Waals surface area contributed by atoms with Crippen molar-refractivity contribution in [1.82, 2.24) is 0 Å². The third-order valence-electron chi connectivity index (χ3n) is 5.52. The van der Waals surface area contributed by atoms with Crippen LogP contribution < -0.4 is 0 Å². The Morgan fingerprint density at radius 1 is 0.385 bits per heavy atom. The van der Waals surface area contributed by atoms with E-state index in [9.17, 15) is 4.57 Å². The minimum atomic E-state index is -0.900. The Morgan fingerprint density at radius 3 is 0.885 bits per heavy atom. The molecule has 26 heavy (non-hydrogen) atoms. The van der Waals surface area contributed by atoms with Crippen LogP contribution in [0.5, 0.6) is 0 Å². The number of hydrogen-bond donors (Lipinski definition) is 0. The molecule has 0 unspecified atom stereocenters. The van der Waals surface area contributed by atoms with Gasteiger partial charge in [0, 0.05) is 0 Å². The van der Waals surface area contributed by atoms with Crippen molar-refractivity contribution in [3.8, 4) is 0 Å². The highest BCUT2D eigenvalue weighted by Gasteiger charge is 2.13. The van der Waals surface area contributed by atoms with Crippen molar-refractivity contribution >= 4 is 7.80 Å². The van der Waals surface area contributed by atoms with Crippen LogP contribution in [0.2, 0.25) is 0 Å². The summed E-state index contributed by atoms with van der Waals surface area (Å²) in [7, 11) is -0.900. The molecule has 0 heterocycles. The standard InChI is InChI=1S/C24H50OP/c1-3-5-7-9-11-13-15-17-19-21-23-26(25)24-22-20-18-16-14-12-10-8-6-4-2/h3-24H2,1-2H3/q+1. The summed E-state index contributed by atoms with van der Waals surface area (Å²) in [5.41, 5.74) is 0. The first kappa shape index (κ1) is 26.1. The minimum absolute atomic E-state index is 0.900. The second kappa shape index (κ2) is 23.1. The smallest absolute Gasteiger partial charge is 0.0748 e. The zero-order valence-corrected chi connectivity index (χ0v) is 19.3. The molecule has 0 aromatic heterocycles. The van der Waals surface area contributed by atoms with Crippen LogP contribution in [0.1, 0.15) is 142 Å². The molecule has 0 amide bonds. The van der Waals surface area contributed by atoms with Crippen LogP contribution in [0.15, 0.2) is 0 Å². The van der Waals surface area contributed by atoms with E-state index in [0.29, 0.717) is 0 Å². The Labute approximate surface area is 167 Å². The van der Waals surface area contributed by atoms with Gasteiger partial charge in [-0.05, 0) is 25.7 Å². The summed E-state index contributed by atoms with van der Waals surface area (Å²) in [4.78, 5) is 0. The molecule has 0 aromatic rings. The van der Waals surface area contributed by atoms with Gasteiger partial charge in [0.2, 0.25) is 0 Å². The van der Waals surface area contributed by atoms with Crippen molar-refractivity contribution in [1.29, 1.82) is 0 Å². The van der Waals surface area contributed by atoms with Gasteiger partial charge >= 0.3 is 7.80 Å². The maximum Gasteiger partial charge on any atom is 0.338 e. The summed E-state index contributed by atoms with van der Waals surface area (Å²) >= 11 is 0. The van der Waals surface area contributed by atoms with Gasteiger partial charge in [-0.25, -0.2) is 0 Å². The molecule has 0 fully saturated rings. The van der Waals surface area contributed by atoms with Crippen LogP contribution in [0.3, 0.4) is 0 Å². The molecule has 0 saturated carbocycles. The molecular weight excluding hydrogens is 335 g/mol. The lowest BCUT2D eigenvalue weighted by Gasteiger charge is -2.01. The van der Waals surface area contributed by atoms with Crippen molar-refractivity contribution in [3.05, 3.63) is 0 Å². The highest BCUT2D eigenvalue weighted by atomic mass is 31.1. The van der Waals surface area contributed by atoms with E-state index in [1.165, 1.54) is 128 Å². The van der Waals surface area contributed by atoms with E-state index < -0.39 is 7.80 Å².